The quantitative estimate of drug-likeness (QED) is 0.769. The topological polar surface area (TPSA) is 47.0 Å². The zero-order valence-electron chi connectivity index (χ0n) is 8.45. The Bertz CT molecular complexity index is 315. The summed E-state index contributed by atoms with van der Waals surface area (Å²) in [5.41, 5.74) is 0. The SMILES string of the molecule is Fc1cc(NCC2CCOCC2)ncn1. The molecule has 0 spiro atoms. The van der Waals surface area contributed by atoms with Gasteiger partial charge in [-0.3, -0.25) is 0 Å². The van der Waals surface area contributed by atoms with Crippen molar-refractivity contribution in [2.24, 2.45) is 5.92 Å². The van der Waals surface area contributed by atoms with Crippen LogP contribution in [0.4, 0.5) is 10.2 Å². The lowest BCUT2D eigenvalue weighted by Gasteiger charge is -2.22. The van der Waals surface area contributed by atoms with Gasteiger partial charge in [-0.2, -0.15) is 4.39 Å². The van der Waals surface area contributed by atoms with E-state index < -0.39 is 5.95 Å². The number of nitrogens with zero attached hydrogens (tertiary/aromatic N) is 2. The highest BCUT2D eigenvalue weighted by Gasteiger charge is 2.13. The van der Waals surface area contributed by atoms with E-state index in [2.05, 4.69) is 15.3 Å². The molecule has 2 heterocycles. The predicted molar refractivity (Wildman–Crippen MR) is 54.0 cm³/mol. The Kier molecular flexibility index (Phi) is 3.45. The van der Waals surface area contributed by atoms with E-state index in [4.69, 9.17) is 4.74 Å². The second-order valence-electron chi connectivity index (χ2n) is 3.66. The van der Waals surface area contributed by atoms with Crippen LogP contribution in [0.2, 0.25) is 0 Å². The molecule has 1 aromatic heterocycles. The highest BCUT2D eigenvalue weighted by atomic mass is 19.1. The fourth-order valence-corrected chi connectivity index (χ4v) is 1.63. The number of halogens is 1. The van der Waals surface area contributed by atoms with Crippen LogP contribution in [0.5, 0.6) is 0 Å². The molecule has 1 fully saturated rings. The zero-order valence-corrected chi connectivity index (χ0v) is 8.45. The van der Waals surface area contributed by atoms with Crippen LogP contribution in [-0.4, -0.2) is 29.7 Å². The molecule has 1 saturated heterocycles. The van der Waals surface area contributed by atoms with Gasteiger partial charge >= 0.3 is 0 Å². The van der Waals surface area contributed by atoms with Gasteiger partial charge in [-0.05, 0) is 18.8 Å². The highest BCUT2D eigenvalue weighted by Crippen LogP contribution is 2.15. The van der Waals surface area contributed by atoms with E-state index in [0.29, 0.717) is 11.7 Å². The van der Waals surface area contributed by atoms with E-state index in [9.17, 15) is 4.39 Å². The van der Waals surface area contributed by atoms with Gasteiger partial charge in [0.15, 0.2) is 0 Å². The van der Waals surface area contributed by atoms with Crippen molar-refractivity contribution in [1.29, 1.82) is 0 Å². The first-order valence-corrected chi connectivity index (χ1v) is 5.14. The van der Waals surface area contributed by atoms with Gasteiger partial charge in [0.1, 0.15) is 12.1 Å². The van der Waals surface area contributed by atoms with Crippen LogP contribution in [0.3, 0.4) is 0 Å². The molecule has 2 rings (SSSR count). The van der Waals surface area contributed by atoms with Gasteiger partial charge in [-0.25, -0.2) is 9.97 Å². The van der Waals surface area contributed by atoms with Gasteiger partial charge < -0.3 is 10.1 Å². The lowest BCUT2D eigenvalue weighted by atomic mass is 10.0. The van der Waals surface area contributed by atoms with Crippen molar-refractivity contribution in [2.45, 2.75) is 12.8 Å². The van der Waals surface area contributed by atoms with Crippen LogP contribution in [0.25, 0.3) is 0 Å². The maximum absolute atomic E-state index is 12.7. The van der Waals surface area contributed by atoms with Crippen molar-refractivity contribution < 1.29 is 9.13 Å². The molecular formula is C10H14FN3O. The van der Waals surface area contributed by atoms with Crippen molar-refractivity contribution in [2.75, 3.05) is 25.1 Å². The van der Waals surface area contributed by atoms with Crippen molar-refractivity contribution >= 4 is 5.82 Å². The van der Waals surface area contributed by atoms with Crippen molar-refractivity contribution in [3.63, 3.8) is 0 Å². The van der Waals surface area contributed by atoms with Crippen molar-refractivity contribution in [1.82, 2.24) is 9.97 Å². The lowest BCUT2D eigenvalue weighted by molar-refractivity contribution is 0.0699. The molecule has 1 aliphatic rings. The third-order valence-corrected chi connectivity index (χ3v) is 2.55. The summed E-state index contributed by atoms with van der Waals surface area (Å²) in [4.78, 5) is 7.33. The molecule has 1 aliphatic heterocycles. The maximum atomic E-state index is 12.7. The maximum Gasteiger partial charge on any atom is 0.217 e. The van der Waals surface area contributed by atoms with E-state index in [1.807, 2.05) is 0 Å². The minimum absolute atomic E-state index is 0.500. The van der Waals surface area contributed by atoms with Gasteiger partial charge in [0, 0.05) is 25.8 Å². The standard InChI is InChI=1S/C10H14FN3O/c11-9-5-10(14-7-13-9)12-6-8-1-3-15-4-2-8/h5,7-8H,1-4,6H2,(H,12,13,14). The summed E-state index contributed by atoms with van der Waals surface area (Å²) in [6.07, 6.45) is 3.34. The predicted octanol–water partition coefficient (Wildman–Crippen LogP) is 1.45. The summed E-state index contributed by atoms with van der Waals surface area (Å²) in [7, 11) is 0. The van der Waals surface area contributed by atoms with Crippen LogP contribution in [0.1, 0.15) is 12.8 Å². The minimum atomic E-state index is -0.500. The Morgan fingerprint density at radius 3 is 2.93 bits per heavy atom. The summed E-state index contributed by atoms with van der Waals surface area (Å²) < 4.78 is 18.0. The average Bonchev–Trinajstić information content (AvgIpc) is 2.28. The first-order chi connectivity index (χ1) is 7.34. The van der Waals surface area contributed by atoms with E-state index in [0.717, 1.165) is 32.6 Å². The first-order valence-electron chi connectivity index (χ1n) is 5.14. The van der Waals surface area contributed by atoms with Gasteiger partial charge in [0.05, 0.1) is 0 Å². The fraction of sp³-hybridized carbons (Fsp3) is 0.600. The van der Waals surface area contributed by atoms with Gasteiger partial charge in [0.2, 0.25) is 5.95 Å². The highest BCUT2D eigenvalue weighted by molar-refractivity contribution is 5.31. The number of aromatic nitrogens is 2. The molecule has 0 atom stereocenters. The number of hydrogen-bond acceptors (Lipinski definition) is 4. The monoisotopic (exact) mass is 211 g/mol. The van der Waals surface area contributed by atoms with Crippen LogP contribution >= 0.6 is 0 Å². The molecule has 5 heteroatoms. The van der Waals surface area contributed by atoms with E-state index in [-0.39, 0.29) is 0 Å². The summed E-state index contributed by atoms with van der Waals surface area (Å²) in [6.45, 7) is 2.47. The summed E-state index contributed by atoms with van der Waals surface area (Å²) in [5, 5.41) is 3.11. The Labute approximate surface area is 87.9 Å². The number of rotatable bonds is 3. The normalized spacial score (nSPS) is 17.7. The second-order valence-corrected chi connectivity index (χ2v) is 3.66. The minimum Gasteiger partial charge on any atom is -0.381 e. The molecule has 0 saturated carbocycles. The smallest absolute Gasteiger partial charge is 0.217 e. The molecule has 0 amide bonds. The molecule has 82 valence electrons. The molecule has 4 nitrogen and oxygen atoms in total. The number of nitrogens with one attached hydrogen (secondary N) is 1. The van der Waals surface area contributed by atoms with Crippen molar-refractivity contribution in [3.8, 4) is 0 Å². The summed E-state index contributed by atoms with van der Waals surface area (Å²) >= 11 is 0. The van der Waals surface area contributed by atoms with Gasteiger partial charge in [0.25, 0.3) is 0 Å². The third-order valence-electron chi connectivity index (χ3n) is 2.55. The molecule has 0 bridgehead atoms. The van der Waals surface area contributed by atoms with Gasteiger partial charge in [-0.15, -0.1) is 0 Å². The van der Waals surface area contributed by atoms with E-state index in [1.165, 1.54) is 12.4 Å². The van der Waals surface area contributed by atoms with Crippen molar-refractivity contribution in [3.05, 3.63) is 18.3 Å². The molecule has 1 aromatic rings. The zero-order chi connectivity index (χ0) is 10.5. The molecule has 15 heavy (non-hydrogen) atoms. The Balaban J connectivity index is 1.81. The lowest BCUT2D eigenvalue weighted by Crippen LogP contribution is -2.22. The van der Waals surface area contributed by atoms with Crippen LogP contribution in [0.15, 0.2) is 12.4 Å². The van der Waals surface area contributed by atoms with Gasteiger partial charge in [-0.1, -0.05) is 0 Å². The van der Waals surface area contributed by atoms with E-state index in [1.54, 1.807) is 0 Å². The Morgan fingerprint density at radius 2 is 2.20 bits per heavy atom. The fourth-order valence-electron chi connectivity index (χ4n) is 1.63. The average molecular weight is 211 g/mol. The van der Waals surface area contributed by atoms with Crippen LogP contribution < -0.4 is 5.32 Å². The summed E-state index contributed by atoms with van der Waals surface area (Å²) in [5.74, 6) is 0.644. The molecule has 1 N–H and O–H groups in total. The molecule has 0 aromatic carbocycles. The third kappa shape index (κ3) is 3.13. The Hall–Kier alpha value is -1.23. The molecule has 0 aliphatic carbocycles. The Morgan fingerprint density at radius 1 is 1.40 bits per heavy atom. The van der Waals surface area contributed by atoms with Crippen LogP contribution in [0, 0.1) is 11.9 Å². The van der Waals surface area contributed by atoms with E-state index >= 15 is 0 Å². The summed E-state index contributed by atoms with van der Waals surface area (Å²) in [6, 6.07) is 1.30. The number of anilines is 1. The molecule has 0 unspecified atom stereocenters. The molecule has 0 radical (unpaired) electrons. The number of ether oxygens (including phenoxy) is 1. The molecular weight excluding hydrogens is 197 g/mol. The first kappa shape index (κ1) is 10.3. The largest absolute Gasteiger partial charge is 0.381 e. The second kappa shape index (κ2) is 5.02. The number of hydrogen-bond donors (Lipinski definition) is 1. The van der Waals surface area contributed by atoms with Crippen LogP contribution in [-0.2, 0) is 4.74 Å².